The Morgan fingerprint density at radius 2 is 0.324 bits per heavy atom. The molecule has 4 radical (unpaired) electrons. The standard InChI is InChI=1S/4C22H42O2S.2CH4.H2S.2Sn/c4*1-2-3-4-5-6-7-8-9-10-11-12-13-14-15-16-17-18-19-22(23)24-20-21-25;;;;;/h4*5-6,25H,2-4,7-21H2,1H3;2*1H4;1H2;;/q;;;;;;;2*+2/p-4/b4*6-5+;;;;;. The molecule has 0 aliphatic heterocycles. The zero-order valence-corrected chi connectivity index (χ0v) is 77.9. The Bertz CT molecular complexity index is 1470. The summed E-state index contributed by atoms with van der Waals surface area (Å²) in [7, 11) is 0. The molecule has 620 valence electrons. The average molecular weight is 1780 g/mol. The van der Waals surface area contributed by atoms with Gasteiger partial charge in [-0.1, -0.05) is 374 Å². The van der Waals surface area contributed by atoms with Gasteiger partial charge in [0.1, 0.15) is 0 Å². The van der Waals surface area contributed by atoms with Crippen molar-refractivity contribution in [3.05, 3.63) is 48.6 Å². The van der Waals surface area contributed by atoms with Crippen LogP contribution < -0.4 is 0 Å². The summed E-state index contributed by atoms with van der Waals surface area (Å²) in [6.45, 7) is 10.6. The van der Waals surface area contributed by atoms with E-state index in [1.165, 1.54) is 334 Å². The van der Waals surface area contributed by atoms with Gasteiger partial charge in [0.2, 0.25) is 0 Å². The number of unbranched alkanes of at least 4 members (excludes halogenated alkanes) is 52. The van der Waals surface area contributed by atoms with Gasteiger partial charge in [0.25, 0.3) is 0 Å². The number of hydrogen-bond acceptors (Lipinski definition) is 12. The smallest absolute Gasteiger partial charge is 0.789 e. The van der Waals surface area contributed by atoms with E-state index in [-0.39, 0.29) is 100 Å². The van der Waals surface area contributed by atoms with Crippen molar-refractivity contribution in [2.45, 2.75) is 453 Å². The minimum absolute atomic E-state index is 0. The van der Waals surface area contributed by atoms with E-state index in [2.05, 4.69) is 76.3 Å². The fraction of sp³-hybridized carbons (Fsp3) is 0.867. The molecule has 0 spiro atoms. The van der Waals surface area contributed by atoms with Crippen molar-refractivity contribution in [2.75, 3.05) is 49.4 Å². The molecule has 0 saturated heterocycles. The van der Waals surface area contributed by atoms with Crippen molar-refractivity contribution in [1.82, 2.24) is 0 Å². The van der Waals surface area contributed by atoms with Crippen LogP contribution in [0.25, 0.3) is 0 Å². The van der Waals surface area contributed by atoms with Crippen molar-refractivity contribution in [2.24, 2.45) is 0 Å². The molecule has 0 aliphatic rings. The first kappa shape index (κ1) is 123. The number of esters is 4. The Hall–Kier alpha value is 0.187. The van der Waals surface area contributed by atoms with Crippen LogP contribution in [0.4, 0.5) is 0 Å². The van der Waals surface area contributed by atoms with Gasteiger partial charge < -0.3 is 69.5 Å². The Kier molecular flexibility index (Phi) is 141. The Balaban J connectivity index is -0.000000165. The molecule has 0 aliphatic carbocycles. The van der Waals surface area contributed by atoms with Crippen molar-refractivity contribution >= 4 is 136 Å². The average Bonchev–Trinajstić information content (AvgIpc) is 3.63. The number of carbonyl (C=O) groups excluding carboxylic acids is 4. The van der Waals surface area contributed by atoms with E-state index in [0.29, 0.717) is 75.1 Å². The predicted octanol–water partition coefficient (Wildman–Crippen LogP) is 28.2. The molecular formula is C90H174O8S5Sn2. The van der Waals surface area contributed by atoms with Crippen LogP contribution in [0.1, 0.15) is 453 Å². The number of hydrogen-bond donors (Lipinski definition) is 0. The molecule has 0 aromatic rings. The van der Waals surface area contributed by atoms with Crippen LogP contribution >= 0.6 is 13.5 Å². The van der Waals surface area contributed by atoms with E-state index in [0.717, 1.165) is 51.4 Å². The molecule has 0 saturated carbocycles. The van der Waals surface area contributed by atoms with Gasteiger partial charge in [-0.2, -0.15) is 13.5 Å². The predicted molar refractivity (Wildman–Crippen MR) is 483 cm³/mol. The summed E-state index contributed by atoms with van der Waals surface area (Å²) in [5.41, 5.74) is 0. The van der Waals surface area contributed by atoms with Crippen molar-refractivity contribution in [3.63, 3.8) is 0 Å². The molecule has 105 heavy (non-hydrogen) atoms. The van der Waals surface area contributed by atoms with Gasteiger partial charge in [-0.15, -0.1) is 23.0 Å². The van der Waals surface area contributed by atoms with E-state index >= 15 is 0 Å². The van der Waals surface area contributed by atoms with E-state index in [1.807, 2.05) is 0 Å². The largest absolute Gasteiger partial charge is 2.00 e. The molecule has 0 unspecified atom stereocenters. The fourth-order valence-corrected chi connectivity index (χ4v) is 12.0. The third-order valence-corrected chi connectivity index (χ3v) is 18.6. The van der Waals surface area contributed by atoms with Crippen LogP contribution in [-0.2, 0) is 88.6 Å². The van der Waals surface area contributed by atoms with Crippen molar-refractivity contribution in [1.29, 1.82) is 0 Å². The monoisotopic (exact) mass is 1780 g/mol. The van der Waals surface area contributed by atoms with Gasteiger partial charge in [-0.05, 0) is 103 Å². The summed E-state index contributed by atoms with van der Waals surface area (Å²) in [5, 5.41) is 0. The minimum atomic E-state index is -0.0821. The molecule has 0 N–H and O–H groups in total. The van der Waals surface area contributed by atoms with Gasteiger partial charge in [-0.25, -0.2) is 0 Å². The van der Waals surface area contributed by atoms with Crippen LogP contribution in [-0.4, -0.2) is 121 Å². The molecule has 0 rings (SSSR count). The summed E-state index contributed by atoms with van der Waals surface area (Å²) >= 11 is 19.0. The molecule has 0 atom stereocenters. The van der Waals surface area contributed by atoms with Gasteiger partial charge >= 0.3 is 71.7 Å². The summed E-state index contributed by atoms with van der Waals surface area (Å²) < 4.78 is 19.9. The first-order chi connectivity index (χ1) is 49.2. The van der Waals surface area contributed by atoms with E-state index < -0.39 is 0 Å². The molecular weight excluding hydrogens is 1610 g/mol. The third-order valence-electron chi connectivity index (χ3n) is 18.0. The second kappa shape index (κ2) is 120. The summed E-state index contributed by atoms with van der Waals surface area (Å²) in [6, 6.07) is 0. The van der Waals surface area contributed by atoms with Crippen LogP contribution in [0.3, 0.4) is 0 Å². The SMILES string of the molecule is C.C.CCCC/C=C/CCCCCCCCCCCCCC(=O)OCC[S-].CCCC/C=C/CCCCCCCCCCCCCC(=O)OCC[S-].CCCC/C=C/CCCCCCCCCCCCCC(=O)OCC[S-].CCCC/C=C/CCCCCCCCCCCCCC(=O)OCC[S-].S.[Sn+2].[Sn+2]. The van der Waals surface area contributed by atoms with Gasteiger partial charge in [0.15, 0.2) is 0 Å². The molecule has 0 aromatic heterocycles. The second-order valence-corrected chi connectivity index (χ2v) is 29.5. The van der Waals surface area contributed by atoms with E-state index in [1.54, 1.807) is 0 Å². The summed E-state index contributed by atoms with van der Waals surface area (Å²) in [5.74, 6) is 1.68. The molecule has 8 nitrogen and oxygen atoms in total. The van der Waals surface area contributed by atoms with E-state index in [4.69, 9.17) is 69.5 Å². The molecule has 15 heteroatoms. The molecule has 0 aromatic carbocycles. The van der Waals surface area contributed by atoms with Crippen LogP contribution in [0.5, 0.6) is 0 Å². The van der Waals surface area contributed by atoms with Gasteiger partial charge in [0, 0.05) is 25.7 Å². The maximum atomic E-state index is 11.3. The number of allylic oxidation sites excluding steroid dienone is 8. The second-order valence-electron chi connectivity index (χ2n) is 27.9. The fourth-order valence-electron chi connectivity index (χ4n) is 11.6. The zero-order valence-electron chi connectivity index (χ0n) is 67.9. The van der Waals surface area contributed by atoms with E-state index in [9.17, 15) is 19.2 Å². The van der Waals surface area contributed by atoms with Gasteiger partial charge in [0.05, 0.1) is 26.4 Å². The van der Waals surface area contributed by atoms with Gasteiger partial charge in [-0.3, -0.25) is 19.2 Å². The number of ether oxygens (including phenoxy) is 4. The van der Waals surface area contributed by atoms with Crippen LogP contribution in [0, 0.1) is 0 Å². The minimum Gasteiger partial charge on any atom is -0.789 e. The summed E-state index contributed by atoms with van der Waals surface area (Å²) in [6.07, 6.45) is 99.0. The maximum absolute atomic E-state index is 11.3. The maximum Gasteiger partial charge on any atom is 2.00 e. The molecule has 0 amide bonds. The number of carbonyl (C=O) groups is 4. The topological polar surface area (TPSA) is 105 Å². The first-order valence-corrected chi connectivity index (χ1v) is 45.1. The molecule has 0 heterocycles. The third kappa shape index (κ3) is 128. The van der Waals surface area contributed by atoms with Crippen molar-refractivity contribution in [3.8, 4) is 0 Å². The normalized spacial score (nSPS) is 10.7. The number of rotatable bonds is 76. The molecule has 0 bridgehead atoms. The summed E-state index contributed by atoms with van der Waals surface area (Å²) in [4.78, 5) is 45.2. The zero-order chi connectivity index (χ0) is 73.7. The Morgan fingerprint density at radius 1 is 0.210 bits per heavy atom. The van der Waals surface area contributed by atoms with Crippen LogP contribution in [0.2, 0.25) is 0 Å². The molecule has 0 fully saturated rings. The quantitative estimate of drug-likeness (QED) is 0.0145. The Morgan fingerprint density at radius 3 is 0.448 bits per heavy atom. The first-order valence-electron chi connectivity index (χ1n) is 42.8. The Labute approximate surface area is 719 Å². The van der Waals surface area contributed by atoms with Crippen LogP contribution in [0.15, 0.2) is 48.6 Å². The van der Waals surface area contributed by atoms with Crippen molar-refractivity contribution < 1.29 is 38.1 Å².